The van der Waals surface area contributed by atoms with Crippen molar-refractivity contribution in [3.05, 3.63) is 65.7 Å². The van der Waals surface area contributed by atoms with E-state index < -0.39 is 11.8 Å². The van der Waals surface area contributed by atoms with Crippen molar-refractivity contribution in [2.24, 2.45) is 5.92 Å². The van der Waals surface area contributed by atoms with E-state index in [0.29, 0.717) is 36.3 Å². The average molecular weight is 495 g/mol. The number of hydrogen-bond acceptors (Lipinski definition) is 7. The molecule has 2 heterocycles. The van der Waals surface area contributed by atoms with Crippen LogP contribution >= 0.6 is 0 Å². The molecule has 188 valence electrons. The highest BCUT2D eigenvalue weighted by molar-refractivity contribution is 5.68. The Balaban J connectivity index is 1.36. The maximum absolute atomic E-state index is 14.7. The molecule has 2 aromatic carbocycles. The molecule has 0 bridgehead atoms. The predicted octanol–water partition coefficient (Wildman–Crippen LogP) is 4.62. The molecule has 1 saturated carbocycles. The van der Waals surface area contributed by atoms with Gasteiger partial charge in [0.25, 0.3) is 0 Å². The van der Waals surface area contributed by atoms with Crippen LogP contribution < -0.4 is 14.2 Å². The fourth-order valence-corrected chi connectivity index (χ4v) is 4.23. The summed E-state index contributed by atoms with van der Waals surface area (Å²) in [4.78, 5) is 20.4. The van der Waals surface area contributed by atoms with Gasteiger partial charge in [-0.25, -0.2) is 14.4 Å². The number of ether oxygens (including phenoxy) is 4. The third-order valence-corrected chi connectivity index (χ3v) is 6.36. The van der Waals surface area contributed by atoms with Crippen molar-refractivity contribution >= 4 is 5.97 Å². The second kappa shape index (κ2) is 10.5. The number of aliphatic carboxylic acids is 1. The highest BCUT2D eigenvalue weighted by Crippen LogP contribution is 2.45. The van der Waals surface area contributed by atoms with Crippen molar-refractivity contribution in [2.75, 3.05) is 20.3 Å². The van der Waals surface area contributed by atoms with Crippen molar-refractivity contribution in [3.63, 3.8) is 0 Å². The summed E-state index contributed by atoms with van der Waals surface area (Å²) < 4.78 is 37.0. The molecule has 0 amide bonds. The van der Waals surface area contributed by atoms with E-state index in [-0.39, 0.29) is 42.2 Å². The second-order valence-electron chi connectivity index (χ2n) is 9.04. The molecule has 1 atom stereocenters. The summed E-state index contributed by atoms with van der Waals surface area (Å²) in [5, 5.41) is 9.31. The van der Waals surface area contributed by atoms with Crippen LogP contribution in [0.5, 0.6) is 17.4 Å². The Morgan fingerprint density at radius 1 is 1.19 bits per heavy atom. The molecule has 5 rings (SSSR count). The molecule has 36 heavy (non-hydrogen) atoms. The summed E-state index contributed by atoms with van der Waals surface area (Å²) in [6.45, 7) is 0.962. The van der Waals surface area contributed by atoms with Crippen LogP contribution in [0, 0.1) is 11.7 Å². The molecule has 3 aromatic rings. The summed E-state index contributed by atoms with van der Waals surface area (Å²) in [6.07, 6.45) is 3.54. The van der Waals surface area contributed by atoms with Gasteiger partial charge < -0.3 is 24.1 Å². The number of nitrogens with zero attached hydrogens (tertiary/aromatic N) is 2. The van der Waals surface area contributed by atoms with Gasteiger partial charge in [-0.2, -0.15) is 0 Å². The van der Waals surface area contributed by atoms with Gasteiger partial charge in [-0.3, -0.25) is 4.79 Å². The normalized spacial score (nSPS) is 16.2. The minimum Gasteiger partial charge on any atom is -0.497 e. The molecule has 1 aliphatic carbocycles. The lowest BCUT2D eigenvalue weighted by molar-refractivity contribution is -0.137. The van der Waals surface area contributed by atoms with Crippen molar-refractivity contribution in [1.82, 2.24) is 9.97 Å². The van der Waals surface area contributed by atoms with Gasteiger partial charge >= 0.3 is 5.97 Å². The van der Waals surface area contributed by atoms with Gasteiger partial charge in [-0.05, 0) is 60.6 Å². The van der Waals surface area contributed by atoms with Crippen LogP contribution in [0.4, 0.5) is 4.39 Å². The first-order valence-electron chi connectivity index (χ1n) is 11.9. The minimum atomic E-state index is -0.801. The largest absolute Gasteiger partial charge is 0.497 e. The van der Waals surface area contributed by atoms with E-state index in [1.54, 1.807) is 6.07 Å². The second-order valence-corrected chi connectivity index (χ2v) is 9.04. The van der Waals surface area contributed by atoms with Crippen molar-refractivity contribution in [2.45, 2.75) is 37.9 Å². The Kier molecular flexibility index (Phi) is 6.99. The molecule has 0 spiro atoms. The van der Waals surface area contributed by atoms with E-state index in [1.807, 2.05) is 24.3 Å². The molecule has 1 saturated heterocycles. The van der Waals surface area contributed by atoms with Crippen LogP contribution in [-0.4, -0.2) is 47.5 Å². The third kappa shape index (κ3) is 5.57. The number of carboxylic acid groups (broad SMARTS) is 1. The standard InChI is InChI=1S/C27H27FN2O6/c1-33-19-7-8-24(28)23(10-19)26-27(36-21-14-34-15-21)30-18(12-29-26)13-35-20-4-2-3-17(9-20)22(11-25(31)32)16-5-6-16/h2-4,7-10,12,16,21-22H,5-6,11,13-15H2,1H3,(H,31,32)/t22-/m0/s1. The van der Waals surface area contributed by atoms with E-state index in [4.69, 9.17) is 18.9 Å². The molecular weight excluding hydrogens is 467 g/mol. The monoisotopic (exact) mass is 494 g/mol. The zero-order chi connectivity index (χ0) is 25.1. The zero-order valence-electron chi connectivity index (χ0n) is 19.9. The minimum absolute atomic E-state index is 0.0208. The van der Waals surface area contributed by atoms with Gasteiger partial charge in [0, 0.05) is 5.56 Å². The lowest BCUT2D eigenvalue weighted by Gasteiger charge is -2.27. The molecular formula is C27H27FN2O6. The maximum Gasteiger partial charge on any atom is 0.303 e. The quantitative estimate of drug-likeness (QED) is 0.412. The van der Waals surface area contributed by atoms with Crippen LogP contribution in [-0.2, 0) is 16.1 Å². The summed E-state index contributed by atoms with van der Waals surface area (Å²) in [6, 6.07) is 11.9. The number of benzene rings is 2. The van der Waals surface area contributed by atoms with E-state index in [0.717, 1.165) is 18.4 Å². The van der Waals surface area contributed by atoms with Gasteiger partial charge in [0.2, 0.25) is 5.88 Å². The average Bonchev–Trinajstić information content (AvgIpc) is 3.69. The number of carbonyl (C=O) groups is 1. The van der Waals surface area contributed by atoms with E-state index in [1.165, 1.54) is 25.4 Å². The Bertz CT molecular complexity index is 1240. The molecule has 2 aliphatic rings. The summed E-state index contributed by atoms with van der Waals surface area (Å²) in [5.41, 5.74) is 1.96. The summed E-state index contributed by atoms with van der Waals surface area (Å²) in [5.74, 6) is 0.418. The van der Waals surface area contributed by atoms with E-state index in [2.05, 4.69) is 9.97 Å². The highest BCUT2D eigenvalue weighted by Gasteiger charge is 2.34. The lowest BCUT2D eigenvalue weighted by Crippen LogP contribution is -2.39. The summed E-state index contributed by atoms with van der Waals surface area (Å²) >= 11 is 0. The fraction of sp³-hybridized carbons (Fsp3) is 0.370. The molecule has 8 nitrogen and oxygen atoms in total. The van der Waals surface area contributed by atoms with Crippen LogP contribution in [0.3, 0.4) is 0 Å². The van der Waals surface area contributed by atoms with Gasteiger partial charge in [-0.15, -0.1) is 0 Å². The fourth-order valence-electron chi connectivity index (χ4n) is 4.23. The predicted molar refractivity (Wildman–Crippen MR) is 128 cm³/mol. The SMILES string of the molecule is COc1ccc(F)c(-c2ncc(COc3cccc([C@@H](CC(=O)O)C4CC4)c3)nc2OC2COC2)c1. The molecule has 2 fully saturated rings. The van der Waals surface area contributed by atoms with Gasteiger partial charge in [0.15, 0.2) is 0 Å². The van der Waals surface area contributed by atoms with Crippen molar-refractivity contribution in [3.8, 4) is 28.6 Å². The maximum atomic E-state index is 14.7. The molecule has 9 heteroatoms. The summed E-state index contributed by atoms with van der Waals surface area (Å²) in [7, 11) is 1.51. The van der Waals surface area contributed by atoms with Crippen LogP contribution in [0.25, 0.3) is 11.3 Å². The molecule has 1 aliphatic heterocycles. The number of rotatable bonds is 11. The Morgan fingerprint density at radius 2 is 2.03 bits per heavy atom. The van der Waals surface area contributed by atoms with Crippen LogP contribution in [0.15, 0.2) is 48.7 Å². The van der Waals surface area contributed by atoms with Gasteiger partial charge in [0.05, 0.1) is 32.9 Å². The van der Waals surface area contributed by atoms with E-state index >= 15 is 0 Å². The first-order valence-corrected chi connectivity index (χ1v) is 11.9. The first kappa shape index (κ1) is 24.0. The Hall–Kier alpha value is -3.72. The number of hydrogen-bond donors (Lipinski definition) is 1. The zero-order valence-corrected chi connectivity index (χ0v) is 19.9. The first-order chi connectivity index (χ1) is 17.5. The van der Waals surface area contributed by atoms with Crippen LogP contribution in [0.1, 0.15) is 36.4 Å². The number of carboxylic acids is 1. The molecule has 1 aromatic heterocycles. The lowest BCUT2D eigenvalue weighted by atomic mass is 9.91. The topological polar surface area (TPSA) is 100 Å². The van der Waals surface area contributed by atoms with Crippen molar-refractivity contribution in [1.29, 1.82) is 0 Å². The highest BCUT2D eigenvalue weighted by atomic mass is 19.1. The smallest absolute Gasteiger partial charge is 0.303 e. The van der Waals surface area contributed by atoms with E-state index in [9.17, 15) is 14.3 Å². The van der Waals surface area contributed by atoms with Crippen molar-refractivity contribution < 1.29 is 33.2 Å². The van der Waals surface area contributed by atoms with Gasteiger partial charge in [-0.1, -0.05) is 12.1 Å². The number of aromatic nitrogens is 2. The number of methoxy groups -OCH3 is 1. The Morgan fingerprint density at radius 3 is 2.72 bits per heavy atom. The molecule has 1 N–H and O–H groups in total. The molecule has 0 unspecified atom stereocenters. The Labute approximate surface area is 208 Å². The third-order valence-electron chi connectivity index (χ3n) is 6.36. The van der Waals surface area contributed by atoms with Gasteiger partial charge in [0.1, 0.15) is 41.4 Å². The molecule has 0 radical (unpaired) electrons. The van der Waals surface area contributed by atoms with Crippen LogP contribution in [0.2, 0.25) is 0 Å². The number of halogens is 1.